The fourth-order valence-corrected chi connectivity index (χ4v) is 5.37. The van der Waals surface area contributed by atoms with Crippen molar-refractivity contribution in [3.63, 3.8) is 0 Å². The van der Waals surface area contributed by atoms with Crippen molar-refractivity contribution in [2.24, 2.45) is 11.8 Å². The van der Waals surface area contributed by atoms with E-state index in [0.717, 1.165) is 37.8 Å². The maximum absolute atomic E-state index is 14.1. The van der Waals surface area contributed by atoms with Gasteiger partial charge in [0.1, 0.15) is 11.6 Å². The molecule has 142 valence electrons. The van der Waals surface area contributed by atoms with E-state index in [1.54, 1.807) is 0 Å². The summed E-state index contributed by atoms with van der Waals surface area (Å²) in [6, 6.07) is 9.14. The van der Waals surface area contributed by atoms with Crippen LogP contribution in [0.15, 0.2) is 41.3 Å². The van der Waals surface area contributed by atoms with Gasteiger partial charge in [-0.3, -0.25) is 0 Å². The Bertz CT molecular complexity index is 988. The smallest absolute Gasteiger partial charge is 0.178 e. The van der Waals surface area contributed by atoms with Gasteiger partial charge in [0.25, 0.3) is 0 Å². The van der Waals surface area contributed by atoms with Gasteiger partial charge >= 0.3 is 0 Å². The lowest BCUT2D eigenvalue weighted by molar-refractivity contribution is 0.308. The van der Waals surface area contributed by atoms with Gasteiger partial charge < -0.3 is 0 Å². The average Bonchev–Trinajstić information content (AvgIpc) is 2.63. The van der Waals surface area contributed by atoms with Gasteiger partial charge in [-0.15, -0.1) is 0 Å². The molecule has 0 heterocycles. The molecule has 27 heavy (non-hydrogen) atoms. The van der Waals surface area contributed by atoms with Gasteiger partial charge in [0.05, 0.1) is 22.3 Å². The van der Waals surface area contributed by atoms with E-state index in [1.165, 1.54) is 24.3 Å². The summed E-state index contributed by atoms with van der Waals surface area (Å²) >= 11 is 0. The number of sulfone groups is 1. The normalized spacial score (nSPS) is 20.2. The molecule has 2 aromatic rings. The summed E-state index contributed by atoms with van der Waals surface area (Å²) < 4.78 is 52.7. The lowest BCUT2D eigenvalue weighted by Crippen LogP contribution is -2.21. The van der Waals surface area contributed by atoms with Crippen molar-refractivity contribution < 1.29 is 17.2 Å². The molecule has 0 amide bonds. The fourth-order valence-electron chi connectivity index (χ4n) is 3.65. The number of benzene rings is 2. The van der Waals surface area contributed by atoms with Crippen molar-refractivity contribution >= 4 is 9.84 Å². The van der Waals surface area contributed by atoms with Crippen molar-refractivity contribution in [2.45, 2.75) is 37.5 Å². The largest absolute Gasteiger partial charge is 0.224 e. The minimum atomic E-state index is -3.53. The van der Waals surface area contributed by atoms with Crippen LogP contribution in [0.5, 0.6) is 0 Å². The monoisotopic (exact) mass is 389 g/mol. The highest BCUT2D eigenvalue weighted by molar-refractivity contribution is 7.91. The van der Waals surface area contributed by atoms with Crippen LogP contribution in [0.4, 0.5) is 8.78 Å². The van der Waals surface area contributed by atoms with Crippen LogP contribution in [0, 0.1) is 34.8 Å². The lowest BCUT2D eigenvalue weighted by Gasteiger charge is -2.25. The van der Waals surface area contributed by atoms with Crippen LogP contribution < -0.4 is 0 Å². The molecule has 0 N–H and O–H groups in total. The highest BCUT2D eigenvalue weighted by atomic mass is 32.2. The van der Waals surface area contributed by atoms with E-state index < -0.39 is 21.5 Å². The van der Waals surface area contributed by atoms with Crippen molar-refractivity contribution in [3.05, 3.63) is 53.6 Å². The second-order valence-corrected chi connectivity index (χ2v) is 9.38. The molecule has 2 aromatic carbocycles. The maximum Gasteiger partial charge on any atom is 0.178 e. The van der Waals surface area contributed by atoms with Gasteiger partial charge in [0.15, 0.2) is 9.84 Å². The molecule has 1 aliphatic carbocycles. The van der Waals surface area contributed by atoms with Crippen LogP contribution >= 0.6 is 0 Å². The zero-order chi connectivity index (χ0) is 19.6. The summed E-state index contributed by atoms with van der Waals surface area (Å²) in [6.07, 6.45) is 3.85. The number of halogens is 2. The fraction of sp³-hybridized carbons (Fsp3) is 0.381. The van der Waals surface area contributed by atoms with Crippen LogP contribution in [-0.2, 0) is 9.84 Å². The first-order valence-corrected chi connectivity index (χ1v) is 10.7. The average molecular weight is 389 g/mol. The summed E-state index contributed by atoms with van der Waals surface area (Å²) in [5, 5.41) is 9.42. The Hall–Kier alpha value is -2.26. The third-order valence-corrected chi connectivity index (χ3v) is 7.16. The topological polar surface area (TPSA) is 57.9 Å². The van der Waals surface area contributed by atoms with Crippen LogP contribution in [0.2, 0.25) is 0 Å². The quantitative estimate of drug-likeness (QED) is 0.731. The Kier molecular flexibility index (Phi) is 5.61. The Morgan fingerprint density at radius 2 is 1.70 bits per heavy atom. The SMILES string of the molecule is CC1CCC(CS(=O)(=O)c2ccc(-c3ccc(F)cc3F)c(C#N)c2)CC1. The van der Waals surface area contributed by atoms with Gasteiger partial charge in [0.2, 0.25) is 0 Å². The van der Waals surface area contributed by atoms with Crippen LogP contribution in [-0.4, -0.2) is 14.2 Å². The highest BCUT2D eigenvalue weighted by Gasteiger charge is 2.26. The third kappa shape index (κ3) is 4.36. The Labute approximate surface area is 158 Å². The predicted molar refractivity (Wildman–Crippen MR) is 99.7 cm³/mol. The molecule has 1 saturated carbocycles. The molecule has 0 unspecified atom stereocenters. The van der Waals surface area contributed by atoms with Gasteiger partial charge in [-0.05, 0) is 48.9 Å². The molecule has 0 spiro atoms. The summed E-state index contributed by atoms with van der Waals surface area (Å²) in [6.45, 7) is 2.18. The molecule has 1 aliphatic rings. The maximum atomic E-state index is 14.1. The Morgan fingerprint density at radius 1 is 1.04 bits per heavy atom. The van der Waals surface area contributed by atoms with E-state index in [-0.39, 0.29) is 33.3 Å². The first-order chi connectivity index (χ1) is 12.8. The number of hydrogen-bond donors (Lipinski definition) is 0. The first-order valence-electron chi connectivity index (χ1n) is 9.02. The molecular formula is C21H21F2NO2S. The molecule has 3 rings (SSSR count). The number of hydrogen-bond acceptors (Lipinski definition) is 3. The second-order valence-electron chi connectivity index (χ2n) is 7.35. The van der Waals surface area contributed by atoms with Crippen molar-refractivity contribution in [3.8, 4) is 17.2 Å². The third-order valence-electron chi connectivity index (χ3n) is 5.28. The number of nitrogens with zero attached hydrogens (tertiary/aromatic N) is 1. The van der Waals surface area contributed by atoms with E-state index in [9.17, 15) is 22.5 Å². The molecule has 0 aliphatic heterocycles. The summed E-state index contributed by atoms with van der Waals surface area (Å²) in [4.78, 5) is 0.0731. The zero-order valence-electron chi connectivity index (χ0n) is 15.1. The van der Waals surface area contributed by atoms with E-state index in [0.29, 0.717) is 5.92 Å². The lowest BCUT2D eigenvalue weighted by atomic mass is 9.84. The zero-order valence-corrected chi connectivity index (χ0v) is 15.9. The minimum Gasteiger partial charge on any atom is -0.224 e. The summed E-state index contributed by atoms with van der Waals surface area (Å²) in [5.74, 6) is -0.673. The van der Waals surface area contributed by atoms with Crippen molar-refractivity contribution in [1.82, 2.24) is 0 Å². The molecular weight excluding hydrogens is 368 g/mol. The first kappa shape index (κ1) is 19.5. The molecule has 3 nitrogen and oxygen atoms in total. The molecule has 0 bridgehead atoms. The highest BCUT2D eigenvalue weighted by Crippen LogP contribution is 2.32. The summed E-state index contributed by atoms with van der Waals surface area (Å²) in [7, 11) is -3.53. The molecule has 0 radical (unpaired) electrons. The molecule has 0 saturated heterocycles. The van der Waals surface area contributed by atoms with Crippen LogP contribution in [0.1, 0.15) is 38.2 Å². The molecule has 0 aromatic heterocycles. The van der Waals surface area contributed by atoms with Crippen molar-refractivity contribution in [2.75, 3.05) is 5.75 Å². The van der Waals surface area contributed by atoms with Gasteiger partial charge in [-0.2, -0.15) is 5.26 Å². The minimum absolute atomic E-state index is 0.0545. The van der Waals surface area contributed by atoms with E-state index >= 15 is 0 Å². The van der Waals surface area contributed by atoms with E-state index in [2.05, 4.69) is 6.92 Å². The van der Waals surface area contributed by atoms with Gasteiger partial charge in [0, 0.05) is 17.2 Å². The molecule has 1 fully saturated rings. The van der Waals surface area contributed by atoms with Crippen LogP contribution in [0.25, 0.3) is 11.1 Å². The molecule has 0 atom stereocenters. The Balaban J connectivity index is 1.90. The summed E-state index contributed by atoms with van der Waals surface area (Å²) in [5.41, 5.74) is 0.373. The standard InChI is InChI=1S/C21H21F2NO2S/c1-14-2-4-15(5-3-14)13-27(25,26)18-7-9-19(16(10-18)12-24)20-8-6-17(22)11-21(20)23/h6-11,14-15H,2-5,13H2,1H3. The van der Waals surface area contributed by atoms with E-state index in [4.69, 9.17) is 0 Å². The van der Waals surface area contributed by atoms with Crippen molar-refractivity contribution in [1.29, 1.82) is 5.26 Å². The number of rotatable bonds is 4. The predicted octanol–water partition coefficient (Wildman–Crippen LogP) is 5.10. The van der Waals surface area contributed by atoms with Gasteiger partial charge in [-0.25, -0.2) is 17.2 Å². The molecule has 6 heteroatoms. The van der Waals surface area contributed by atoms with Crippen LogP contribution in [0.3, 0.4) is 0 Å². The Morgan fingerprint density at radius 3 is 2.33 bits per heavy atom. The number of nitriles is 1. The van der Waals surface area contributed by atoms with Gasteiger partial charge in [-0.1, -0.05) is 25.8 Å². The second kappa shape index (κ2) is 7.77. The van der Waals surface area contributed by atoms with E-state index in [1.807, 2.05) is 6.07 Å².